The van der Waals surface area contributed by atoms with Gasteiger partial charge in [-0.05, 0) is 26.0 Å². The number of methoxy groups -OCH3 is 1. The number of pyridine rings is 1. The van der Waals surface area contributed by atoms with E-state index in [0.29, 0.717) is 16.2 Å². The molecule has 208 valence electrons. The maximum absolute atomic E-state index is 14.7. The molecule has 0 saturated carbocycles. The molecule has 1 fully saturated rings. The number of halogens is 4. The zero-order valence-corrected chi connectivity index (χ0v) is 20.8. The van der Waals surface area contributed by atoms with E-state index >= 15 is 0 Å². The molecule has 4 heterocycles. The van der Waals surface area contributed by atoms with Crippen molar-refractivity contribution in [3.05, 3.63) is 35.8 Å². The molecule has 39 heavy (non-hydrogen) atoms. The van der Waals surface area contributed by atoms with Crippen LogP contribution in [-0.4, -0.2) is 91.4 Å². The van der Waals surface area contributed by atoms with Gasteiger partial charge in [0.25, 0.3) is 11.8 Å². The molecule has 1 saturated heterocycles. The minimum absolute atomic E-state index is 0.0414. The van der Waals surface area contributed by atoms with Crippen LogP contribution in [0.4, 0.5) is 23.4 Å². The number of nitrogens with two attached hydrogens (primary N) is 1. The van der Waals surface area contributed by atoms with E-state index in [9.17, 15) is 37.1 Å². The molecule has 0 radical (unpaired) electrons. The summed E-state index contributed by atoms with van der Waals surface area (Å²) in [6.07, 6.45) is -4.69. The highest BCUT2D eigenvalue weighted by Gasteiger charge is 2.58. The average molecular weight is 553 g/mol. The fourth-order valence-corrected chi connectivity index (χ4v) is 4.20. The van der Waals surface area contributed by atoms with Gasteiger partial charge in [-0.25, -0.2) is 18.9 Å². The number of carbonyl (C=O) groups excluding carboxylic acids is 3. The number of ketones is 1. The molecule has 0 spiro atoms. The summed E-state index contributed by atoms with van der Waals surface area (Å²) < 4.78 is 60.4. The quantitative estimate of drug-likeness (QED) is 0.300. The maximum atomic E-state index is 14.7. The largest absolute Gasteiger partial charge is 0.480 e. The molecule has 1 aliphatic rings. The molecule has 3 atom stereocenters. The summed E-state index contributed by atoms with van der Waals surface area (Å²) >= 11 is 0. The van der Waals surface area contributed by atoms with Gasteiger partial charge in [0.1, 0.15) is 23.6 Å². The van der Waals surface area contributed by atoms with Gasteiger partial charge in [-0.2, -0.15) is 18.3 Å². The summed E-state index contributed by atoms with van der Waals surface area (Å²) in [4.78, 5) is 46.1. The van der Waals surface area contributed by atoms with E-state index in [0.717, 1.165) is 0 Å². The van der Waals surface area contributed by atoms with Crippen LogP contribution in [0, 0.1) is 0 Å². The van der Waals surface area contributed by atoms with E-state index in [1.165, 1.54) is 43.2 Å². The van der Waals surface area contributed by atoms with Crippen molar-refractivity contribution in [2.24, 2.45) is 0 Å². The zero-order chi connectivity index (χ0) is 28.9. The van der Waals surface area contributed by atoms with Crippen molar-refractivity contribution in [2.45, 2.75) is 37.8 Å². The topological polar surface area (TPSA) is 165 Å². The predicted octanol–water partition coefficient (Wildman–Crippen LogP) is 1.18. The molecule has 0 bridgehead atoms. The van der Waals surface area contributed by atoms with Gasteiger partial charge in [0.05, 0.1) is 25.4 Å². The third kappa shape index (κ3) is 4.82. The first-order chi connectivity index (χ1) is 18.2. The van der Waals surface area contributed by atoms with Crippen LogP contribution in [0.1, 0.15) is 34.6 Å². The van der Waals surface area contributed by atoms with Crippen molar-refractivity contribution < 1.29 is 41.8 Å². The third-order valence-electron chi connectivity index (χ3n) is 6.37. The number of nitrogen functional groups attached to an aromatic ring is 1. The summed E-state index contributed by atoms with van der Waals surface area (Å²) in [6.45, 7) is 0.219. The molecule has 1 aliphatic heterocycles. The minimum Gasteiger partial charge on any atom is -0.480 e. The number of nitrogens with one attached hydrogen (secondary N) is 1. The van der Waals surface area contributed by atoms with Gasteiger partial charge in [0, 0.05) is 23.9 Å². The van der Waals surface area contributed by atoms with Gasteiger partial charge in [-0.15, -0.1) is 0 Å². The highest BCUT2D eigenvalue weighted by atomic mass is 19.4. The molecule has 0 unspecified atom stereocenters. The summed E-state index contributed by atoms with van der Waals surface area (Å²) in [7, 11) is 1.24. The first-order valence-electron chi connectivity index (χ1n) is 11.4. The van der Waals surface area contributed by atoms with Crippen molar-refractivity contribution in [3.8, 4) is 17.1 Å². The molecule has 0 aromatic carbocycles. The normalized spacial score (nSPS) is 19.1. The SMILES string of the molecule is COc1ncc(-c2cc(C(C)=O)c3c(N)ncnn23)cc1C(=O)N[C@@H]1CN(C(=O)[C@@](C)(O)C(F)(F)F)C[C@@H]1F. The number of amides is 2. The molecular weight excluding hydrogens is 530 g/mol. The molecular formula is C23H23F4N7O5. The van der Waals surface area contributed by atoms with Crippen molar-refractivity contribution >= 4 is 28.9 Å². The van der Waals surface area contributed by atoms with Crippen LogP contribution in [-0.2, 0) is 4.79 Å². The number of rotatable bonds is 6. The van der Waals surface area contributed by atoms with E-state index in [-0.39, 0.29) is 41.0 Å². The van der Waals surface area contributed by atoms with Crippen LogP contribution in [0.3, 0.4) is 0 Å². The number of carbonyl (C=O) groups is 3. The Labute approximate surface area is 217 Å². The molecule has 12 nitrogen and oxygen atoms in total. The van der Waals surface area contributed by atoms with Crippen LogP contribution < -0.4 is 15.8 Å². The number of hydrogen-bond donors (Lipinski definition) is 3. The van der Waals surface area contributed by atoms with Crippen molar-refractivity contribution in [1.29, 1.82) is 0 Å². The second-order valence-corrected chi connectivity index (χ2v) is 9.06. The van der Waals surface area contributed by atoms with Crippen LogP contribution in [0.2, 0.25) is 0 Å². The fraction of sp³-hybridized carbons (Fsp3) is 0.391. The summed E-state index contributed by atoms with van der Waals surface area (Å²) in [5.41, 5.74) is 3.12. The van der Waals surface area contributed by atoms with Crippen LogP contribution in [0.25, 0.3) is 16.8 Å². The van der Waals surface area contributed by atoms with Gasteiger partial charge in [0.15, 0.2) is 11.6 Å². The summed E-state index contributed by atoms with van der Waals surface area (Å²) in [6, 6.07) is 1.44. The van der Waals surface area contributed by atoms with Crippen LogP contribution in [0.5, 0.6) is 5.88 Å². The Bertz CT molecular complexity index is 1470. The van der Waals surface area contributed by atoms with E-state index in [1.807, 2.05) is 0 Å². The van der Waals surface area contributed by atoms with Gasteiger partial charge in [0.2, 0.25) is 11.5 Å². The first-order valence-corrected chi connectivity index (χ1v) is 11.4. The number of fused-ring (bicyclic) bond motifs is 1. The highest BCUT2D eigenvalue weighted by Crippen LogP contribution is 2.33. The Kier molecular flexibility index (Phi) is 6.93. The second-order valence-electron chi connectivity index (χ2n) is 9.06. The molecule has 4 N–H and O–H groups in total. The molecule has 16 heteroatoms. The van der Waals surface area contributed by atoms with Crippen molar-refractivity contribution in [1.82, 2.24) is 29.8 Å². The van der Waals surface area contributed by atoms with Crippen molar-refractivity contribution in [2.75, 3.05) is 25.9 Å². The highest BCUT2D eigenvalue weighted by molar-refractivity contribution is 6.05. The van der Waals surface area contributed by atoms with Gasteiger partial charge in [-0.3, -0.25) is 14.4 Å². The lowest BCUT2D eigenvalue weighted by molar-refractivity contribution is -0.249. The monoisotopic (exact) mass is 553 g/mol. The Morgan fingerprint density at radius 3 is 2.49 bits per heavy atom. The lowest BCUT2D eigenvalue weighted by Gasteiger charge is -2.29. The number of anilines is 1. The van der Waals surface area contributed by atoms with E-state index in [4.69, 9.17) is 10.5 Å². The maximum Gasteiger partial charge on any atom is 0.426 e. The number of aliphatic hydroxyl groups is 1. The predicted molar refractivity (Wildman–Crippen MR) is 127 cm³/mol. The average Bonchev–Trinajstić information content (AvgIpc) is 3.44. The Hall–Kier alpha value is -4.34. The second kappa shape index (κ2) is 9.76. The number of nitrogens with zero attached hydrogens (tertiary/aromatic N) is 5. The lowest BCUT2D eigenvalue weighted by atomic mass is 10.1. The standard InChI is InChI=1S/C23H23F4N7O5/c1-10(35)12-5-16(34-17(12)18(28)30-9-31-34)11-4-13(20(39-3)29-6-11)19(36)32-15-8-33(7-14(15)24)21(37)22(2,38)23(25,26)27/h4-6,9,14-15,38H,7-8H2,1-3H3,(H,32,36)(H2,28,30,31)/t14-,15+,22+/m0/s1. The number of aromatic nitrogens is 4. The Morgan fingerprint density at radius 1 is 1.18 bits per heavy atom. The third-order valence-corrected chi connectivity index (χ3v) is 6.37. The van der Waals surface area contributed by atoms with Gasteiger partial charge >= 0.3 is 6.18 Å². The van der Waals surface area contributed by atoms with E-state index in [1.54, 1.807) is 0 Å². The number of ether oxygens (including phenoxy) is 1. The molecule has 3 aromatic heterocycles. The van der Waals surface area contributed by atoms with E-state index < -0.39 is 48.9 Å². The van der Waals surface area contributed by atoms with E-state index in [2.05, 4.69) is 20.4 Å². The minimum atomic E-state index is -5.28. The van der Waals surface area contributed by atoms with Gasteiger partial charge in [-0.1, -0.05) is 0 Å². The van der Waals surface area contributed by atoms with Crippen molar-refractivity contribution in [3.63, 3.8) is 0 Å². The summed E-state index contributed by atoms with van der Waals surface area (Å²) in [5, 5.41) is 16.1. The molecule has 4 rings (SSSR count). The van der Waals surface area contributed by atoms with Crippen LogP contribution >= 0.6 is 0 Å². The fourth-order valence-electron chi connectivity index (χ4n) is 4.20. The zero-order valence-electron chi connectivity index (χ0n) is 20.8. The number of hydrogen-bond acceptors (Lipinski definition) is 9. The summed E-state index contributed by atoms with van der Waals surface area (Å²) in [5.74, 6) is -3.07. The molecule has 2 amide bonds. The lowest BCUT2D eigenvalue weighted by Crippen LogP contribution is -2.56. The number of alkyl halides is 4. The Morgan fingerprint density at radius 2 is 1.87 bits per heavy atom. The van der Waals surface area contributed by atoms with Crippen LogP contribution in [0.15, 0.2) is 24.7 Å². The first kappa shape index (κ1) is 27.7. The van der Waals surface area contributed by atoms with Gasteiger partial charge < -0.3 is 25.8 Å². The number of likely N-dealkylation sites (tertiary alicyclic amines) is 1. The molecule has 0 aliphatic carbocycles. The smallest absolute Gasteiger partial charge is 0.426 e. The molecule has 3 aromatic rings. The number of Topliss-reactive ketones (excluding diaryl/α,β-unsaturated/α-hetero) is 1. The Balaban J connectivity index is 1.64.